The molecule has 4 fully saturated rings. The summed E-state index contributed by atoms with van der Waals surface area (Å²) in [4.78, 5) is 55.9. The Hall–Kier alpha value is -3.10. The molecule has 5 rings (SSSR count). The Kier molecular flexibility index (Phi) is 6.67. The Morgan fingerprint density at radius 1 is 1.11 bits per heavy atom. The van der Waals surface area contributed by atoms with E-state index >= 15 is 0 Å². The molecule has 35 heavy (non-hydrogen) atoms. The van der Waals surface area contributed by atoms with E-state index in [1.54, 1.807) is 16.9 Å². The number of para-hydroxylation sites is 1. The third kappa shape index (κ3) is 4.60. The summed E-state index contributed by atoms with van der Waals surface area (Å²) >= 11 is 0. The monoisotopic (exact) mass is 482 g/mol. The van der Waals surface area contributed by atoms with Gasteiger partial charge in [-0.2, -0.15) is 0 Å². The average Bonchev–Trinajstić information content (AvgIpc) is 3.47. The van der Waals surface area contributed by atoms with Crippen LogP contribution in [0.5, 0.6) is 5.75 Å². The van der Waals surface area contributed by atoms with Crippen LogP contribution >= 0.6 is 0 Å². The van der Waals surface area contributed by atoms with Crippen LogP contribution in [0.1, 0.15) is 50.5 Å². The molecule has 9 nitrogen and oxygen atoms in total. The fourth-order valence-electron chi connectivity index (χ4n) is 6.21. The first-order chi connectivity index (χ1) is 17.0. The molecule has 1 aromatic carbocycles. The number of nitrogens with one attached hydrogen (secondary N) is 2. The number of rotatable bonds is 5. The zero-order chi connectivity index (χ0) is 24.5. The van der Waals surface area contributed by atoms with Crippen LogP contribution in [0.25, 0.3) is 0 Å². The molecule has 4 atom stereocenters. The van der Waals surface area contributed by atoms with Gasteiger partial charge < -0.3 is 25.2 Å². The highest BCUT2D eigenvalue weighted by Crippen LogP contribution is 2.31. The molecule has 3 saturated heterocycles. The van der Waals surface area contributed by atoms with Crippen molar-refractivity contribution < 1.29 is 23.9 Å². The number of hydrogen-bond acceptors (Lipinski definition) is 5. The number of amides is 4. The van der Waals surface area contributed by atoms with Gasteiger partial charge in [-0.3, -0.25) is 19.2 Å². The molecule has 2 N–H and O–H groups in total. The number of nitrogens with zero attached hydrogens (tertiary/aromatic N) is 2. The molecule has 0 aromatic heterocycles. The summed E-state index contributed by atoms with van der Waals surface area (Å²) in [5, 5.41) is 6.12. The van der Waals surface area contributed by atoms with Crippen molar-refractivity contribution in [2.75, 3.05) is 20.2 Å². The van der Waals surface area contributed by atoms with E-state index in [1.165, 1.54) is 6.42 Å². The van der Waals surface area contributed by atoms with E-state index in [2.05, 4.69) is 10.6 Å². The van der Waals surface area contributed by atoms with E-state index in [0.29, 0.717) is 31.7 Å². The molecule has 4 aliphatic rings. The molecule has 3 heterocycles. The fourth-order valence-corrected chi connectivity index (χ4v) is 6.21. The van der Waals surface area contributed by atoms with Gasteiger partial charge in [0.2, 0.25) is 23.6 Å². The standard InChI is InChI=1S/C26H34N4O5/c1-35-21-10-6-5-9-17(21)13-22(31)29-12-11-19-23(29)26(34)30-15-18(14-20(30)25(33)28-19)27-24(32)16-7-3-2-4-8-16/h5-6,9-10,16,18-20,23H,2-4,7-8,11-15H2,1H3,(H,27,32)(H,28,33)/t18-,19+,20+,23-/m0/s1. The van der Waals surface area contributed by atoms with Crippen molar-refractivity contribution in [2.24, 2.45) is 5.92 Å². The highest BCUT2D eigenvalue weighted by molar-refractivity contribution is 5.97. The predicted octanol–water partition coefficient (Wildman–Crippen LogP) is 1.00. The third-order valence-electron chi connectivity index (χ3n) is 8.04. The highest BCUT2D eigenvalue weighted by atomic mass is 16.5. The molecule has 0 spiro atoms. The van der Waals surface area contributed by atoms with Gasteiger partial charge in [0.1, 0.15) is 17.8 Å². The van der Waals surface area contributed by atoms with Crippen molar-refractivity contribution in [3.05, 3.63) is 29.8 Å². The van der Waals surface area contributed by atoms with Crippen LogP contribution in [0, 0.1) is 5.92 Å². The second-order valence-corrected chi connectivity index (χ2v) is 10.2. The number of ether oxygens (including phenoxy) is 1. The molecular weight excluding hydrogens is 448 g/mol. The summed E-state index contributed by atoms with van der Waals surface area (Å²) in [6, 6.07) is 5.37. The maximum atomic E-state index is 13.7. The van der Waals surface area contributed by atoms with Gasteiger partial charge in [-0.1, -0.05) is 37.5 Å². The molecule has 0 radical (unpaired) electrons. The molecule has 4 amide bonds. The van der Waals surface area contributed by atoms with Crippen LogP contribution in [0.3, 0.4) is 0 Å². The van der Waals surface area contributed by atoms with Gasteiger partial charge >= 0.3 is 0 Å². The summed E-state index contributed by atoms with van der Waals surface area (Å²) in [5.41, 5.74) is 0.762. The van der Waals surface area contributed by atoms with Crippen molar-refractivity contribution in [3.63, 3.8) is 0 Å². The van der Waals surface area contributed by atoms with Crippen molar-refractivity contribution in [1.29, 1.82) is 0 Å². The molecule has 9 heteroatoms. The van der Waals surface area contributed by atoms with Crippen molar-refractivity contribution in [1.82, 2.24) is 20.4 Å². The number of likely N-dealkylation sites (tertiary alicyclic amines) is 1. The molecule has 188 valence electrons. The van der Waals surface area contributed by atoms with Gasteiger partial charge in [-0.15, -0.1) is 0 Å². The first kappa shape index (κ1) is 23.6. The first-order valence-electron chi connectivity index (χ1n) is 12.8. The number of hydrogen-bond donors (Lipinski definition) is 2. The van der Waals surface area contributed by atoms with Crippen LogP contribution in [0.2, 0.25) is 0 Å². The summed E-state index contributed by atoms with van der Waals surface area (Å²) in [6.45, 7) is 0.711. The van der Waals surface area contributed by atoms with Gasteiger partial charge in [0.15, 0.2) is 0 Å². The maximum Gasteiger partial charge on any atom is 0.248 e. The second kappa shape index (κ2) is 9.87. The minimum Gasteiger partial charge on any atom is -0.496 e. The Morgan fingerprint density at radius 3 is 2.66 bits per heavy atom. The van der Waals surface area contributed by atoms with E-state index < -0.39 is 18.1 Å². The number of carbonyl (C=O) groups is 4. The van der Waals surface area contributed by atoms with Gasteiger partial charge in [0, 0.05) is 30.6 Å². The summed E-state index contributed by atoms with van der Waals surface area (Å²) in [6.07, 6.45) is 6.19. The van der Waals surface area contributed by atoms with Crippen LogP contribution < -0.4 is 15.4 Å². The smallest absolute Gasteiger partial charge is 0.248 e. The zero-order valence-corrected chi connectivity index (χ0v) is 20.2. The number of methoxy groups -OCH3 is 1. The topological polar surface area (TPSA) is 108 Å². The Morgan fingerprint density at radius 2 is 1.89 bits per heavy atom. The van der Waals surface area contributed by atoms with E-state index in [1.807, 2.05) is 24.3 Å². The number of fused-ring (bicyclic) bond motifs is 2. The lowest BCUT2D eigenvalue weighted by atomic mass is 9.88. The Bertz CT molecular complexity index is 1010. The van der Waals surface area contributed by atoms with Gasteiger partial charge in [-0.05, 0) is 31.7 Å². The number of benzene rings is 1. The van der Waals surface area contributed by atoms with Crippen LogP contribution in [0.4, 0.5) is 0 Å². The molecule has 1 saturated carbocycles. The SMILES string of the molecule is COc1ccccc1CC(=O)N1CC[C@H]2NC(=O)[C@H]3C[C@H](NC(=O)C4CCCCC4)CN3C(=O)[C@H]21. The molecule has 1 aliphatic carbocycles. The third-order valence-corrected chi connectivity index (χ3v) is 8.04. The van der Waals surface area contributed by atoms with Crippen molar-refractivity contribution in [3.8, 4) is 5.75 Å². The first-order valence-corrected chi connectivity index (χ1v) is 12.8. The van der Waals surface area contributed by atoms with E-state index in [0.717, 1.165) is 31.2 Å². The van der Waals surface area contributed by atoms with Crippen LogP contribution in [-0.4, -0.2) is 77.8 Å². The quantitative estimate of drug-likeness (QED) is 0.651. The lowest BCUT2D eigenvalue weighted by Crippen LogP contribution is -2.53. The van der Waals surface area contributed by atoms with E-state index in [-0.39, 0.29) is 42.0 Å². The molecular formula is C26H34N4O5. The van der Waals surface area contributed by atoms with Gasteiger partial charge in [0.25, 0.3) is 0 Å². The van der Waals surface area contributed by atoms with Gasteiger partial charge in [0.05, 0.1) is 19.6 Å². The van der Waals surface area contributed by atoms with Crippen molar-refractivity contribution >= 4 is 23.6 Å². The predicted molar refractivity (Wildman–Crippen MR) is 127 cm³/mol. The van der Waals surface area contributed by atoms with Crippen LogP contribution in [-0.2, 0) is 25.6 Å². The maximum absolute atomic E-state index is 13.7. The lowest BCUT2D eigenvalue weighted by molar-refractivity contribution is -0.144. The van der Waals surface area contributed by atoms with Crippen molar-refractivity contribution in [2.45, 2.75) is 75.5 Å². The second-order valence-electron chi connectivity index (χ2n) is 10.2. The largest absolute Gasteiger partial charge is 0.496 e. The summed E-state index contributed by atoms with van der Waals surface area (Å²) in [5.74, 6) is 0.124. The fraction of sp³-hybridized carbons (Fsp3) is 0.615. The molecule has 3 aliphatic heterocycles. The Balaban J connectivity index is 1.28. The molecule has 1 aromatic rings. The minimum atomic E-state index is -0.723. The Labute approximate surface area is 205 Å². The van der Waals surface area contributed by atoms with Gasteiger partial charge in [-0.25, -0.2) is 0 Å². The molecule has 0 unspecified atom stereocenters. The summed E-state index contributed by atoms with van der Waals surface area (Å²) < 4.78 is 5.38. The lowest BCUT2D eigenvalue weighted by Gasteiger charge is -2.29. The average molecular weight is 483 g/mol. The highest BCUT2D eigenvalue weighted by Gasteiger charge is 2.52. The van der Waals surface area contributed by atoms with E-state index in [9.17, 15) is 19.2 Å². The zero-order valence-electron chi connectivity index (χ0n) is 20.2. The number of carbonyl (C=O) groups excluding carboxylic acids is 4. The van der Waals surface area contributed by atoms with Crippen LogP contribution in [0.15, 0.2) is 24.3 Å². The normalized spacial score (nSPS) is 28.7. The molecule has 0 bridgehead atoms. The van der Waals surface area contributed by atoms with E-state index in [4.69, 9.17) is 4.74 Å². The minimum absolute atomic E-state index is 0.0241. The summed E-state index contributed by atoms with van der Waals surface area (Å²) in [7, 11) is 1.57.